The van der Waals surface area contributed by atoms with Crippen molar-refractivity contribution in [3.05, 3.63) is 6.92 Å². The van der Waals surface area contributed by atoms with E-state index in [2.05, 4.69) is 6.92 Å². The van der Waals surface area contributed by atoms with Crippen LogP contribution in [-0.4, -0.2) is 34.9 Å². The molecule has 0 saturated carbocycles. The molecule has 0 aliphatic heterocycles. The fourth-order valence-electron chi connectivity index (χ4n) is 0. The van der Waals surface area contributed by atoms with Crippen molar-refractivity contribution in [2.24, 2.45) is 0 Å². The molecular formula is C3H7ClNa. The van der Waals surface area contributed by atoms with Crippen molar-refractivity contribution in [1.29, 1.82) is 0 Å². The summed E-state index contributed by atoms with van der Waals surface area (Å²) in [5, 5.41) is 0.0556. The number of hydrogen-bond donors (Lipinski definition) is 0. The van der Waals surface area contributed by atoms with Gasteiger partial charge in [0.1, 0.15) is 0 Å². The topological polar surface area (TPSA) is 0 Å². The normalized spacial score (nSPS) is 7.20. The molecular weight excluding hydrogens is 94.5 g/mol. The molecule has 0 bridgehead atoms. The summed E-state index contributed by atoms with van der Waals surface area (Å²) >= 11 is 5.16. The van der Waals surface area contributed by atoms with Crippen LogP contribution >= 0.6 is 11.6 Å². The van der Waals surface area contributed by atoms with Crippen LogP contribution in [0.2, 0.25) is 0 Å². The van der Waals surface area contributed by atoms with E-state index in [4.69, 9.17) is 11.6 Å². The average Bonchev–Trinajstić information content (AvgIpc) is 0.811. The summed E-state index contributed by atoms with van der Waals surface area (Å²) in [6, 6.07) is 0. The molecule has 1 unspecified atom stereocenters. The zero-order valence-corrected chi connectivity index (χ0v) is 3.42. The first-order chi connectivity index (χ1) is 1.73. The Bertz CT molecular complexity index is 11.6. The molecule has 0 fully saturated rings. The van der Waals surface area contributed by atoms with Crippen molar-refractivity contribution in [3.63, 3.8) is 0 Å². The van der Waals surface area contributed by atoms with E-state index in [-0.39, 0.29) is 34.9 Å². The number of rotatable bonds is 0. The molecule has 0 aromatic rings. The van der Waals surface area contributed by atoms with Gasteiger partial charge in [-0.05, 0) is 13.8 Å². The number of alkyl halides is 1. The Balaban J connectivity index is 0. The van der Waals surface area contributed by atoms with E-state index in [0.29, 0.717) is 0 Å². The molecule has 2 heteroatoms. The van der Waals surface area contributed by atoms with Gasteiger partial charge in [0.2, 0.25) is 0 Å². The molecule has 0 rings (SSSR count). The molecule has 0 N–H and O–H groups in total. The first-order valence-corrected chi connectivity index (χ1v) is 1.64. The van der Waals surface area contributed by atoms with Crippen molar-refractivity contribution in [2.75, 3.05) is 0 Å². The summed E-state index contributed by atoms with van der Waals surface area (Å²) in [6.45, 7) is 5.23. The van der Waals surface area contributed by atoms with E-state index < -0.39 is 0 Å². The van der Waals surface area contributed by atoms with Crippen molar-refractivity contribution < 1.29 is 0 Å². The van der Waals surface area contributed by atoms with Gasteiger partial charge in [-0.25, -0.2) is 0 Å². The van der Waals surface area contributed by atoms with Gasteiger partial charge in [0.25, 0.3) is 0 Å². The first-order valence-electron chi connectivity index (χ1n) is 1.20. The van der Waals surface area contributed by atoms with E-state index in [1.165, 1.54) is 0 Å². The third-order valence-electron chi connectivity index (χ3n) is 0. The summed E-state index contributed by atoms with van der Waals surface area (Å²) in [5.41, 5.74) is 0. The Morgan fingerprint density at radius 1 is 1.80 bits per heavy atom. The number of hydrogen-bond acceptors (Lipinski definition) is 0. The average molecular weight is 102 g/mol. The van der Waals surface area contributed by atoms with Gasteiger partial charge in [0.05, 0.1) is 0 Å². The third-order valence-corrected chi connectivity index (χ3v) is 0. The molecule has 0 heterocycles. The quantitative estimate of drug-likeness (QED) is 0.313. The van der Waals surface area contributed by atoms with E-state index in [9.17, 15) is 0 Å². The van der Waals surface area contributed by atoms with Gasteiger partial charge in [0, 0.05) is 5.38 Å². The van der Waals surface area contributed by atoms with E-state index >= 15 is 0 Å². The number of halogens is 1. The van der Waals surface area contributed by atoms with Gasteiger partial charge in [-0.2, -0.15) is 0 Å². The maximum atomic E-state index is 5.16. The fraction of sp³-hybridized carbons (Fsp3) is 0.667. The van der Waals surface area contributed by atoms with Gasteiger partial charge in [0.15, 0.2) is 0 Å². The SMILES string of the molecule is [CH2]C(C)Cl.[NaH]. The van der Waals surface area contributed by atoms with Crippen molar-refractivity contribution in [3.8, 4) is 0 Å². The molecule has 0 spiro atoms. The van der Waals surface area contributed by atoms with Gasteiger partial charge < -0.3 is 0 Å². The van der Waals surface area contributed by atoms with Crippen LogP contribution in [0.5, 0.6) is 0 Å². The second-order valence-electron chi connectivity index (χ2n) is 0.781. The molecule has 0 aromatic heterocycles. The molecule has 0 aliphatic carbocycles. The molecule has 0 nitrogen and oxygen atoms in total. The minimum atomic E-state index is 0. The van der Waals surface area contributed by atoms with Crippen LogP contribution in [0.25, 0.3) is 0 Å². The Kier molecular flexibility index (Phi) is 10.1. The van der Waals surface area contributed by atoms with E-state index in [0.717, 1.165) is 0 Å². The van der Waals surface area contributed by atoms with Crippen LogP contribution in [-0.2, 0) is 0 Å². The van der Waals surface area contributed by atoms with Crippen LogP contribution in [0.1, 0.15) is 6.92 Å². The second kappa shape index (κ2) is 5.29. The monoisotopic (exact) mass is 101 g/mol. The van der Waals surface area contributed by atoms with Crippen LogP contribution in [0.4, 0.5) is 0 Å². The summed E-state index contributed by atoms with van der Waals surface area (Å²) in [6.07, 6.45) is 0. The third kappa shape index (κ3) is 34.4. The molecule has 0 aliphatic rings. The summed E-state index contributed by atoms with van der Waals surface area (Å²) < 4.78 is 0. The van der Waals surface area contributed by atoms with E-state index in [1.54, 1.807) is 0 Å². The summed E-state index contributed by atoms with van der Waals surface area (Å²) in [7, 11) is 0. The van der Waals surface area contributed by atoms with Crippen molar-refractivity contribution in [1.82, 2.24) is 0 Å². The Morgan fingerprint density at radius 2 is 1.80 bits per heavy atom. The van der Waals surface area contributed by atoms with Crippen LogP contribution in [0, 0.1) is 6.92 Å². The predicted molar refractivity (Wildman–Crippen MR) is 27.8 cm³/mol. The van der Waals surface area contributed by atoms with Crippen molar-refractivity contribution in [2.45, 2.75) is 12.3 Å². The fourth-order valence-corrected chi connectivity index (χ4v) is 0. The minimum absolute atomic E-state index is 0. The van der Waals surface area contributed by atoms with Gasteiger partial charge >= 0.3 is 29.6 Å². The molecule has 5 heavy (non-hydrogen) atoms. The predicted octanol–water partition coefficient (Wildman–Crippen LogP) is 0.799. The maximum absolute atomic E-state index is 5.16. The molecule has 1 radical (unpaired) electrons. The molecule has 1 atom stereocenters. The zero-order chi connectivity index (χ0) is 3.58. The standard InChI is InChI=1S/C3H6Cl.Na.H/c1-3(2)4;;/h3H,1H2,2H3;;. The molecule has 0 amide bonds. The van der Waals surface area contributed by atoms with Crippen LogP contribution in [0.15, 0.2) is 0 Å². The zero-order valence-electron chi connectivity index (χ0n) is 2.66. The van der Waals surface area contributed by atoms with Gasteiger partial charge in [-0.1, -0.05) is 0 Å². The summed E-state index contributed by atoms with van der Waals surface area (Å²) in [5.74, 6) is 0. The van der Waals surface area contributed by atoms with Crippen LogP contribution < -0.4 is 0 Å². The van der Waals surface area contributed by atoms with Crippen molar-refractivity contribution >= 4 is 41.2 Å². The first kappa shape index (κ1) is 9.56. The molecule has 0 aromatic carbocycles. The second-order valence-corrected chi connectivity index (χ2v) is 1.53. The molecule has 27 valence electrons. The Morgan fingerprint density at radius 3 is 1.80 bits per heavy atom. The Labute approximate surface area is 60.2 Å². The molecule has 0 saturated heterocycles. The van der Waals surface area contributed by atoms with E-state index in [1.807, 2.05) is 6.92 Å². The Hall–Kier alpha value is 1.29. The van der Waals surface area contributed by atoms with Crippen LogP contribution in [0.3, 0.4) is 0 Å². The van der Waals surface area contributed by atoms with Gasteiger partial charge in [-0.15, -0.1) is 11.6 Å². The summed E-state index contributed by atoms with van der Waals surface area (Å²) in [4.78, 5) is 0. The van der Waals surface area contributed by atoms with Gasteiger partial charge in [-0.3, -0.25) is 0 Å².